The number of pyridine rings is 1. The van der Waals surface area contributed by atoms with E-state index in [9.17, 15) is 8.42 Å². The summed E-state index contributed by atoms with van der Waals surface area (Å²) in [5.41, 5.74) is 2.28. The normalized spacial score (nSPS) is 11.1. The lowest BCUT2D eigenvalue weighted by Crippen LogP contribution is -2.21. The third-order valence-corrected chi connectivity index (χ3v) is 2.66. The Balaban J connectivity index is 2.36. The average molecular weight is 249 g/mol. The van der Waals surface area contributed by atoms with Crippen molar-refractivity contribution in [1.82, 2.24) is 4.98 Å². The molecule has 1 aromatic carbocycles. The topological polar surface area (TPSA) is 85.1 Å². The first-order chi connectivity index (χ1) is 8.04. The SMILES string of the molecule is NS(=O)(=O)Nc1cccc(-c2ccncc2)c1. The molecule has 0 radical (unpaired) electrons. The van der Waals surface area contributed by atoms with Crippen LogP contribution >= 0.6 is 0 Å². The van der Waals surface area contributed by atoms with Gasteiger partial charge in [0, 0.05) is 12.4 Å². The van der Waals surface area contributed by atoms with Crippen molar-refractivity contribution in [2.24, 2.45) is 5.14 Å². The lowest BCUT2D eigenvalue weighted by molar-refractivity contribution is 0.603. The Morgan fingerprint density at radius 3 is 2.41 bits per heavy atom. The molecule has 2 aromatic rings. The fraction of sp³-hybridized carbons (Fsp3) is 0. The molecule has 17 heavy (non-hydrogen) atoms. The minimum Gasteiger partial charge on any atom is -0.271 e. The second kappa shape index (κ2) is 4.52. The number of hydrogen-bond donors (Lipinski definition) is 2. The van der Waals surface area contributed by atoms with E-state index >= 15 is 0 Å². The van der Waals surface area contributed by atoms with Gasteiger partial charge in [0.25, 0.3) is 10.2 Å². The van der Waals surface area contributed by atoms with Crippen LogP contribution in [0, 0.1) is 0 Å². The number of aromatic nitrogens is 1. The monoisotopic (exact) mass is 249 g/mol. The minimum absolute atomic E-state index is 0.432. The van der Waals surface area contributed by atoms with E-state index in [1.165, 1.54) is 0 Å². The van der Waals surface area contributed by atoms with Crippen molar-refractivity contribution < 1.29 is 8.42 Å². The fourth-order valence-corrected chi connectivity index (χ4v) is 1.93. The van der Waals surface area contributed by atoms with Crippen LogP contribution in [-0.2, 0) is 10.2 Å². The van der Waals surface area contributed by atoms with Gasteiger partial charge in [-0.3, -0.25) is 9.71 Å². The second-order valence-corrected chi connectivity index (χ2v) is 4.76. The maximum absolute atomic E-state index is 10.9. The van der Waals surface area contributed by atoms with Crippen LogP contribution in [0.25, 0.3) is 11.1 Å². The van der Waals surface area contributed by atoms with Gasteiger partial charge < -0.3 is 0 Å². The minimum atomic E-state index is -3.74. The van der Waals surface area contributed by atoms with Crippen molar-refractivity contribution >= 4 is 15.9 Å². The molecule has 0 amide bonds. The molecule has 2 rings (SSSR count). The smallest absolute Gasteiger partial charge is 0.271 e. The third-order valence-electron chi connectivity index (χ3n) is 2.14. The Morgan fingerprint density at radius 1 is 1.06 bits per heavy atom. The van der Waals surface area contributed by atoms with Gasteiger partial charge in [-0.25, -0.2) is 5.14 Å². The van der Waals surface area contributed by atoms with Crippen LogP contribution in [-0.4, -0.2) is 13.4 Å². The molecule has 0 spiro atoms. The Bertz CT molecular complexity index is 612. The van der Waals surface area contributed by atoms with Crippen molar-refractivity contribution in [3.05, 3.63) is 48.8 Å². The fourth-order valence-electron chi connectivity index (χ4n) is 1.47. The highest BCUT2D eigenvalue weighted by molar-refractivity contribution is 7.90. The lowest BCUT2D eigenvalue weighted by atomic mass is 10.1. The Kier molecular flexibility index (Phi) is 3.08. The standard InChI is InChI=1S/C11H11N3O2S/c12-17(15,16)14-11-3-1-2-10(8-11)9-4-6-13-7-5-9/h1-8,14H,(H2,12,15,16). The third kappa shape index (κ3) is 3.27. The van der Waals surface area contributed by atoms with Crippen molar-refractivity contribution in [3.8, 4) is 11.1 Å². The van der Waals surface area contributed by atoms with Crippen molar-refractivity contribution in [1.29, 1.82) is 0 Å². The van der Waals surface area contributed by atoms with E-state index in [0.717, 1.165) is 11.1 Å². The molecule has 88 valence electrons. The van der Waals surface area contributed by atoms with Crippen LogP contribution in [0.15, 0.2) is 48.8 Å². The number of benzene rings is 1. The highest BCUT2D eigenvalue weighted by atomic mass is 32.2. The molecule has 3 N–H and O–H groups in total. The molecule has 0 aliphatic rings. The van der Waals surface area contributed by atoms with Gasteiger partial charge >= 0.3 is 0 Å². The van der Waals surface area contributed by atoms with Gasteiger partial charge in [-0.15, -0.1) is 0 Å². The zero-order chi connectivity index (χ0) is 12.3. The van der Waals surface area contributed by atoms with Gasteiger partial charge in [-0.1, -0.05) is 12.1 Å². The Labute approximate surface area is 99.5 Å². The molecule has 5 nitrogen and oxygen atoms in total. The molecule has 0 saturated carbocycles. The first-order valence-corrected chi connectivity index (χ1v) is 6.40. The van der Waals surface area contributed by atoms with Gasteiger partial charge in [-0.05, 0) is 35.4 Å². The number of anilines is 1. The Morgan fingerprint density at radius 2 is 1.76 bits per heavy atom. The van der Waals surface area contributed by atoms with Crippen LogP contribution in [0.3, 0.4) is 0 Å². The molecular weight excluding hydrogens is 238 g/mol. The highest BCUT2D eigenvalue weighted by Gasteiger charge is 2.03. The van der Waals surface area contributed by atoms with Crippen LogP contribution < -0.4 is 9.86 Å². The van der Waals surface area contributed by atoms with Crippen LogP contribution in [0.2, 0.25) is 0 Å². The van der Waals surface area contributed by atoms with Gasteiger partial charge in [0.05, 0.1) is 5.69 Å². The summed E-state index contributed by atoms with van der Waals surface area (Å²) >= 11 is 0. The number of rotatable bonds is 3. The zero-order valence-electron chi connectivity index (χ0n) is 8.87. The van der Waals surface area contributed by atoms with Gasteiger partial charge in [0.15, 0.2) is 0 Å². The molecule has 1 heterocycles. The maximum atomic E-state index is 10.9. The van der Waals surface area contributed by atoms with E-state index in [0.29, 0.717) is 5.69 Å². The molecule has 1 aromatic heterocycles. The molecule has 0 unspecified atom stereocenters. The van der Waals surface area contributed by atoms with Crippen molar-refractivity contribution in [2.75, 3.05) is 4.72 Å². The molecule has 0 bridgehead atoms. The van der Waals surface area contributed by atoms with Crippen LogP contribution in [0.4, 0.5) is 5.69 Å². The van der Waals surface area contributed by atoms with Gasteiger partial charge in [0.2, 0.25) is 0 Å². The summed E-state index contributed by atoms with van der Waals surface area (Å²) in [4.78, 5) is 3.92. The average Bonchev–Trinajstić information content (AvgIpc) is 2.28. The quantitative estimate of drug-likeness (QED) is 0.861. The summed E-state index contributed by atoms with van der Waals surface area (Å²) in [5, 5.41) is 4.91. The summed E-state index contributed by atoms with van der Waals surface area (Å²) in [5.74, 6) is 0. The van der Waals surface area contributed by atoms with Gasteiger partial charge in [0.1, 0.15) is 0 Å². The van der Waals surface area contributed by atoms with E-state index in [4.69, 9.17) is 5.14 Å². The summed E-state index contributed by atoms with van der Waals surface area (Å²) in [6.07, 6.45) is 3.35. The molecule has 0 aliphatic heterocycles. The van der Waals surface area contributed by atoms with Crippen LogP contribution in [0.5, 0.6) is 0 Å². The second-order valence-electron chi connectivity index (χ2n) is 3.46. The first-order valence-electron chi connectivity index (χ1n) is 4.85. The molecule has 0 fully saturated rings. The van der Waals surface area contributed by atoms with Crippen LogP contribution in [0.1, 0.15) is 0 Å². The number of hydrogen-bond acceptors (Lipinski definition) is 3. The van der Waals surface area contributed by atoms with E-state index in [-0.39, 0.29) is 0 Å². The Hall–Kier alpha value is -1.92. The lowest BCUT2D eigenvalue weighted by Gasteiger charge is -2.06. The predicted octanol–water partition coefficient (Wildman–Crippen LogP) is 1.36. The molecule has 0 aliphatic carbocycles. The molecule has 0 saturated heterocycles. The van der Waals surface area contributed by atoms with E-state index < -0.39 is 10.2 Å². The predicted molar refractivity (Wildman–Crippen MR) is 66.4 cm³/mol. The highest BCUT2D eigenvalue weighted by Crippen LogP contribution is 2.21. The zero-order valence-corrected chi connectivity index (χ0v) is 9.68. The van der Waals surface area contributed by atoms with E-state index in [1.54, 1.807) is 30.6 Å². The largest absolute Gasteiger partial charge is 0.296 e. The number of nitrogens with two attached hydrogens (primary N) is 1. The van der Waals surface area contributed by atoms with Crippen molar-refractivity contribution in [2.45, 2.75) is 0 Å². The molecular formula is C11H11N3O2S. The molecule has 6 heteroatoms. The van der Waals surface area contributed by atoms with Gasteiger partial charge in [-0.2, -0.15) is 8.42 Å². The van der Waals surface area contributed by atoms with E-state index in [1.807, 2.05) is 18.2 Å². The van der Waals surface area contributed by atoms with Crippen molar-refractivity contribution in [3.63, 3.8) is 0 Å². The first kappa shape index (κ1) is 11.6. The summed E-state index contributed by atoms with van der Waals surface area (Å²) in [6, 6.07) is 10.7. The maximum Gasteiger partial charge on any atom is 0.296 e. The summed E-state index contributed by atoms with van der Waals surface area (Å²) < 4.78 is 24.0. The molecule has 0 atom stereocenters. The number of nitrogens with one attached hydrogen (secondary N) is 1. The summed E-state index contributed by atoms with van der Waals surface area (Å²) in [7, 11) is -3.74. The number of nitrogens with zero attached hydrogens (tertiary/aromatic N) is 1. The van der Waals surface area contributed by atoms with E-state index in [2.05, 4.69) is 9.71 Å². The summed E-state index contributed by atoms with van der Waals surface area (Å²) in [6.45, 7) is 0.